The van der Waals surface area contributed by atoms with Crippen molar-refractivity contribution in [2.45, 2.75) is 44.1 Å². The molecule has 5 heteroatoms. The van der Waals surface area contributed by atoms with Crippen molar-refractivity contribution in [3.63, 3.8) is 0 Å². The number of nitrogens with one attached hydrogen (secondary N) is 2. The Kier molecular flexibility index (Phi) is 8.02. The van der Waals surface area contributed by atoms with E-state index < -0.39 is 19.3 Å². The lowest BCUT2D eigenvalue weighted by molar-refractivity contribution is 0.115. The second-order valence-corrected chi connectivity index (χ2v) is 12.6. The highest BCUT2D eigenvalue weighted by Gasteiger charge is 2.52. The second-order valence-electron chi connectivity index (χ2n) is 10.0. The first kappa shape index (κ1) is 25.6. The van der Waals surface area contributed by atoms with Crippen LogP contribution in [0.1, 0.15) is 54.0 Å². The Hall–Kier alpha value is -3.01. The maximum absolute atomic E-state index is 15.3. The van der Waals surface area contributed by atoms with Crippen LogP contribution in [-0.4, -0.2) is 5.78 Å². The van der Waals surface area contributed by atoms with Gasteiger partial charge in [-0.3, -0.25) is 9.88 Å². The minimum atomic E-state index is -3.35. The molecule has 0 radical (unpaired) electrons. The quantitative estimate of drug-likeness (QED) is 0.237. The molecule has 1 aliphatic heterocycles. The Labute approximate surface area is 220 Å². The molecule has 190 valence electrons. The molecular formula is C32H35N2O2P. The van der Waals surface area contributed by atoms with Gasteiger partial charge in [0.2, 0.25) is 7.37 Å². The summed E-state index contributed by atoms with van der Waals surface area (Å²) in [6, 6.07) is 40.7. The Bertz CT molecular complexity index is 1300. The van der Waals surface area contributed by atoms with E-state index in [4.69, 9.17) is 4.52 Å². The predicted octanol–water partition coefficient (Wildman–Crippen LogP) is 7.84. The van der Waals surface area contributed by atoms with E-state index >= 15 is 4.57 Å². The number of hydrogen-bond donors (Lipinski definition) is 2. The fraction of sp³-hybridized carbons (Fsp3) is 0.250. The zero-order valence-corrected chi connectivity index (χ0v) is 22.3. The maximum atomic E-state index is 15.3. The lowest BCUT2D eigenvalue weighted by Crippen LogP contribution is -2.44. The molecule has 1 heterocycles. The fourth-order valence-corrected chi connectivity index (χ4v) is 8.56. The molecule has 0 bridgehead atoms. The van der Waals surface area contributed by atoms with Gasteiger partial charge in [0.1, 0.15) is 11.9 Å². The van der Waals surface area contributed by atoms with Crippen molar-refractivity contribution >= 4 is 7.37 Å². The Morgan fingerprint density at radius 2 is 1.22 bits per heavy atom. The van der Waals surface area contributed by atoms with Crippen molar-refractivity contribution < 1.29 is 9.09 Å². The zero-order chi connectivity index (χ0) is 25.7. The SMILES string of the molecule is CC(C)[C@@H](NCc1ccccc1)P1(=O)O[C@@H](c2ccccc2)[C@@H](c2ccccc2)N[C@H]1c1ccccc1. The average Bonchev–Trinajstić information content (AvgIpc) is 2.95. The third-order valence-electron chi connectivity index (χ3n) is 7.06. The second kappa shape index (κ2) is 11.6. The van der Waals surface area contributed by atoms with E-state index in [0.29, 0.717) is 6.54 Å². The molecule has 1 unspecified atom stereocenters. The molecule has 1 fully saturated rings. The molecular weight excluding hydrogens is 475 g/mol. The van der Waals surface area contributed by atoms with E-state index in [-0.39, 0.29) is 17.7 Å². The molecule has 2 N–H and O–H groups in total. The van der Waals surface area contributed by atoms with Crippen LogP contribution in [0.3, 0.4) is 0 Å². The van der Waals surface area contributed by atoms with Gasteiger partial charge in [0, 0.05) is 6.54 Å². The molecule has 0 aromatic heterocycles. The summed E-state index contributed by atoms with van der Waals surface area (Å²) in [5, 5.41) is 7.47. The van der Waals surface area contributed by atoms with E-state index in [0.717, 1.165) is 22.3 Å². The summed E-state index contributed by atoms with van der Waals surface area (Å²) in [5.41, 5.74) is 4.26. The van der Waals surface area contributed by atoms with E-state index in [2.05, 4.69) is 60.9 Å². The molecule has 1 saturated heterocycles. The summed E-state index contributed by atoms with van der Waals surface area (Å²) in [6.45, 7) is 4.86. The summed E-state index contributed by atoms with van der Waals surface area (Å²) < 4.78 is 22.3. The summed E-state index contributed by atoms with van der Waals surface area (Å²) in [5.74, 6) is -0.699. The lowest BCUT2D eigenvalue weighted by Gasteiger charge is -2.47. The van der Waals surface area contributed by atoms with Crippen molar-refractivity contribution in [1.82, 2.24) is 10.6 Å². The van der Waals surface area contributed by atoms with Gasteiger partial charge >= 0.3 is 0 Å². The van der Waals surface area contributed by atoms with Gasteiger partial charge in [-0.05, 0) is 28.2 Å². The van der Waals surface area contributed by atoms with Crippen molar-refractivity contribution in [2.75, 3.05) is 0 Å². The predicted molar refractivity (Wildman–Crippen MR) is 151 cm³/mol. The summed E-state index contributed by atoms with van der Waals surface area (Å²) in [6.07, 6.45) is -0.394. The number of hydrogen-bond acceptors (Lipinski definition) is 4. The topological polar surface area (TPSA) is 50.4 Å². The van der Waals surface area contributed by atoms with Crippen LogP contribution >= 0.6 is 7.37 Å². The van der Waals surface area contributed by atoms with Gasteiger partial charge in [0.15, 0.2) is 0 Å². The van der Waals surface area contributed by atoms with Gasteiger partial charge in [0.25, 0.3) is 0 Å². The first-order chi connectivity index (χ1) is 18.1. The minimum absolute atomic E-state index is 0.0901. The van der Waals surface area contributed by atoms with Crippen LogP contribution in [0.5, 0.6) is 0 Å². The Balaban J connectivity index is 1.59. The normalized spacial score (nSPS) is 24.6. The van der Waals surface area contributed by atoms with E-state index in [1.807, 2.05) is 84.9 Å². The van der Waals surface area contributed by atoms with Gasteiger partial charge in [-0.2, -0.15) is 0 Å². The van der Waals surface area contributed by atoms with Gasteiger partial charge in [0.05, 0.1) is 11.8 Å². The largest absolute Gasteiger partial charge is 0.316 e. The van der Waals surface area contributed by atoms with Crippen LogP contribution in [0.25, 0.3) is 0 Å². The summed E-state index contributed by atoms with van der Waals surface area (Å²) >= 11 is 0. The molecule has 0 saturated carbocycles. The van der Waals surface area contributed by atoms with Crippen molar-refractivity contribution in [1.29, 1.82) is 0 Å². The monoisotopic (exact) mass is 510 g/mol. The summed E-state index contributed by atoms with van der Waals surface area (Å²) in [7, 11) is -3.35. The molecule has 0 spiro atoms. The van der Waals surface area contributed by atoms with Gasteiger partial charge in [-0.25, -0.2) is 0 Å². The van der Waals surface area contributed by atoms with Crippen molar-refractivity contribution in [3.05, 3.63) is 144 Å². The molecule has 0 aliphatic carbocycles. The highest BCUT2D eigenvalue weighted by molar-refractivity contribution is 7.60. The van der Waals surface area contributed by atoms with E-state index in [1.165, 1.54) is 0 Å². The molecule has 4 nitrogen and oxygen atoms in total. The molecule has 4 aromatic rings. The highest BCUT2D eigenvalue weighted by atomic mass is 31.2. The van der Waals surface area contributed by atoms with Crippen LogP contribution in [0, 0.1) is 5.92 Å². The zero-order valence-electron chi connectivity index (χ0n) is 21.4. The minimum Gasteiger partial charge on any atom is -0.316 e. The number of benzene rings is 4. The first-order valence-electron chi connectivity index (χ1n) is 13.0. The van der Waals surface area contributed by atoms with Crippen molar-refractivity contribution in [2.24, 2.45) is 5.92 Å². The van der Waals surface area contributed by atoms with Crippen LogP contribution in [0.2, 0.25) is 0 Å². The maximum Gasteiger partial charge on any atom is 0.241 e. The number of rotatable bonds is 8. The molecule has 4 aromatic carbocycles. The van der Waals surface area contributed by atoms with Crippen LogP contribution in [0.4, 0.5) is 0 Å². The first-order valence-corrected chi connectivity index (χ1v) is 14.8. The van der Waals surface area contributed by atoms with Crippen molar-refractivity contribution in [3.8, 4) is 0 Å². The summed E-state index contributed by atoms with van der Waals surface area (Å²) in [4.78, 5) is 0. The Morgan fingerprint density at radius 3 is 1.76 bits per heavy atom. The molecule has 1 aliphatic rings. The van der Waals surface area contributed by atoms with Crippen LogP contribution in [-0.2, 0) is 15.6 Å². The van der Waals surface area contributed by atoms with Crippen LogP contribution in [0.15, 0.2) is 121 Å². The standard InChI is InChI=1S/C32H35N2O2P/c1-24(2)31(33-23-25-15-7-3-8-16-25)37(35)32(28-21-13-6-14-22-28)34-29(26-17-9-4-10-18-26)30(36-37)27-19-11-5-12-20-27/h3-22,24,29-34H,23H2,1-2H3/t29-,30+,31+,32-,37?/m1/s1. The van der Waals surface area contributed by atoms with Gasteiger partial charge in [-0.1, -0.05) is 135 Å². The van der Waals surface area contributed by atoms with Gasteiger partial charge in [-0.15, -0.1) is 0 Å². The molecule has 5 rings (SSSR count). The molecule has 5 atom stereocenters. The Morgan fingerprint density at radius 1 is 0.730 bits per heavy atom. The fourth-order valence-electron chi connectivity index (χ4n) is 5.25. The third kappa shape index (κ3) is 5.63. The molecule has 0 amide bonds. The average molecular weight is 511 g/mol. The third-order valence-corrected chi connectivity index (χ3v) is 10.3. The lowest BCUT2D eigenvalue weighted by atomic mass is 9.95. The van der Waals surface area contributed by atoms with Crippen LogP contribution < -0.4 is 10.6 Å². The highest BCUT2D eigenvalue weighted by Crippen LogP contribution is 2.69. The van der Waals surface area contributed by atoms with E-state index in [1.54, 1.807) is 0 Å². The smallest absolute Gasteiger partial charge is 0.241 e. The van der Waals surface area contributed by atoms with E-state index in [9.17, 15) is 0 Å². The van der Waals surface area contributed by atoms with Gasteiger partial charge < -0.3 is 9.84 Å². The molecule has 37 heavy (non-hydrogen) atoms.